The molecule has 0 aromatic carbocycles. The molecule has 228 valence electrons. The number of nitrogens with zero attached hydrogens (tertiary/aromatic N) is 4. The minimum atomic E-state index is 0. The van der Waals surface area contributed by atoms with Gasteiger partial charge >= 0.3 is 0 Å². The van der Waals surface area contributed by atoms with Crippen molar-refractivity contribution in [1.82, 2.24) is 19.6 Å². The monoisotopic (exact) mass is 565 g/mol. The fourth-order valence-corrected chi connectivity index (χ4v) is 6.84. The summed E-state index contributed by atoms with van der Waals surface area (Å²) in [6.45, 7) is 42.4. The van der Waals surface area contributed by atoms with E-state index in [0.717, 1.165) is 6.67 Å². The van der Waals surface area contributed by atoms with Crippen LogP contribution < -0.4 is 0 Å². The maximum absolute atomic E-state index is 2.57. The lowest BCUT2D eigenvalue weighted by Crippen LogP contribution is -2.54. The van der Waals surface area contributed by atoms with Gasteiger partial charge in [0, 0.05) is 72.4 Å². The molecule has 0 aliphatic carbocycles. The van der Waals surface area contributed by atoms with Gasteiger partial charge in [0.05, 0.1) is 6.67 Å². The van der Waals surface area contributed by atoms with Crippen LogP contribution >= 0.6 is 21.6 Å². The Morgan fingerprint density at radius 1 is 0.459 bits per heavy atom. The van der Waals surface area contributed by atoms with Crippen LogP contribution in [0.4, 0.5) is 0 Å². The van der Waals surface area contributed by atoms with Crippen LogP contribution in [0.2, 0.25) is 0 Å². The molecule has 37 heavy (non-hydrogen) atoms. The molecular formula is C31H72N4S2. The maximum atomic E-state index is 2.57. The number of rotatable bonds is 16. The van der Waals surface area contributed by atoms with Crippen LogP contribution in [-0.4, -0.2) is 98.7 Å². The summed E-state index contributed by atoms with van der Waals surface area (Å²) >= 11 is 0. The molecule has 0 heterocycles. The molecule has 0 aliphatic heterocycles. The molecule has 0 fully saturated rings. The Hall–Kier alpha value is 0.540. The maximum Gasteiger partial charge on any atom is 0.0518 e. The molecule has 4 nitrogen and oxygen atoms in total. The van der Waals surface area contributed by atoms with Gasteiger partial charge in [0.25, 0.3) is 0 Å². The van der Waals surface area contributed by atoms with E-state index >= 15 is 0 Å². The first-order chi connectivity index (χ1) is 16.3. The van der Waals surface area contributed by atoms with E-state index in [1.54, 1.807) is 0 Å². The van der Waals surface area contributed by atoms with Crippen LogP contribution in [0.5, 0.6) is 0 Å². The third-order valence-electron chi connectivity index (χ3n) is 6.73. The molecule has 0 atom stereocenters. The van der Waals surface area contributed by atoms with Crippen LogP contribution in [0.3, 0.4) is 0 Å². The Morgan fingerprint density at radius 2 is 0.730 bits per heavy atom. The molecule has 0 bridgehead atoms. The third kappa shape index (κ3) is 19.3. The smallest absolute Gasteiger partial charge is 0.0518 e. The van der Waals surface area contributed by atoms with Crippen molar-refractivity contribution in [1.29, 1.82) is 0 Å². The summed E-state index contributed by atoms with van der Waals surface area (Å²) in [6.07, 6.45) is 0. The Bertz CT molecular complexity index is 466. The molecule has 0 unspecified atom stereocenters. The lowest BCUT2D eigenvalue weighted by atomic mass is 10.0. The van der Waals surface area contributed by atoms with E-state index in [4.69, 9.17) is 0 Å². The van der Waals surface area contributed by atoms with E-state index in [0.29, 0.717) is 42.3 Å². The summed E-state index contributed by atoms with van der Waals surface area (Å²) < 4.78 is 0. The summed E-state index contributed by atoms with van der Waals surface area (Å²) in [6, 6.07) is 4.39. The highest BCUT2D eigenvalue weighted by Crippen LogP contribution is 2.23. The van der Waals surface area contributed by atoms with Gasteiger partial charge in [-0.1, -0.05) is 29.0 Å². The van der Waals surface area contributed by atoms with Gasteiger partial charge in [0.2, 0.25) is 0 Å². The van der Waals surface area contributed by atoms with E-state index < -0.39 is 0 Å². The summed E-state index contributed by atoms with van der Waals surface area (Å²) in [5, 5.41) is 0. The van der Waals surface area contributed by atoms with Crippen molar-refractivity contribution >= 4 is 21.6 Å². The summed E-state index contributed by atoms with van der Waals surface area (Å²) in [4.78, 5) is 10.3. The predicted molar refractivity (Wildman–Crippen MR) is 179 cm³/mol. The van der Waals surface area contributed by atoms with Crippen molar-refractivity contribution in [3.8, 4) is 0 Å². The molecule has 6 heteroatoms. The third-order valence-corrected chi connectivity index (χ3v) is 9.09. The van der Waals surface area contributed by atoms with Gasteiger partial charge in [-0.05, 0) is 118 Å². The Balaban J connectivity index is -0.000000623. The largest absolute Gasteiger partial charge is 0.298 e. The highest BCUT2D eigenvalue weighted by atomic mass is 33.1. The van der Waals surface area contributed by atoms with Gasteiger partial charge in [-0.2, -0.15) is 0 Å². The zero-order chi connectivity index (χ0) is 28.8. The normalized spacial score (nSPS) is 13.0. The minimum absolute atomic E-state index is 0. The first-order valence-electron chi connectivity index (χ1n) is 14.6. The van der Waals surface area contributed by atoms with Crippen molar-refractivity contribution < 1.29 is 0 Å². The first kappa shape index (κ1) is 42.0. The second-order valence-corrected chi connectivity index (χ2v) is 15.8. The van der Waals surface area contributed by atoms with E-state index in [-0.39, 0.29) is 13.0 Å². The van der Waals surface area contributed by atoms with E-state index in [9.17, 15) is 0 Å². The van der Waals surface area contributed by atoms with E-state index in [1.165, 1.54) is 24.6 Å². The Labute approximate surface area is 244 Å². The molecule has 0 spiro atoms. The van der Waals surface area contributed by atoms with Crippen LogP contribution in [0.1, 0.15) is 125 Å². The predicted octanol–water partition coefficient (Wildman–Crippen LogP) is 8.81. The second-order valence-electron chi connectivity index (χ2n) is 13.1. The van der Waals surface area contributed by atoms with Gasteiger partial charge in [-0.3, -0.25) is 19.6 Å². The van der Waals surface area contributed by atoms with Crippen LogP contribution in [0.15, 0.2) is 0 Å². The molecule has 0 saturated carbocycles. The fraction of sp³-hybridized carbons (Fsp3) is 1.00. The summed E-state index contributed by atoms with van der Waals surface area (Å²) in [5.41, 5.74) is 0.232. The minimum Gasteiger partial charge on any atom is -0.298 e. The van der Waals surface area contributed by atoms with Gasteiger partial charge in [-0.15, -0.1) is 0 Å². The second kappa shape index (κ2) is 21.3. The molecule has 0 N–H and O–H groups in total. The van der Waals surface area contributed by atoms with Crippen molar-refractivity contribution in [2.45, 2.75) is 173 Å². The van der Waals surface area contributed by atoms with Crippen LogP contribution in [0.25, 0.3) is 0 Å². The molecule has 0 saturated heterocycles. The van der Waals surface area contributed by atoms with Crippen LogP contribution in [-0.2, 0) is 0 Å². The fourth-order valence-electron chi connectivity index (χ4n) is 4.88. The zero-order valence-corrected chi connectivity index (χ0v) is 29.3. The highest BCUT2D eigenvalue weighted by molar-refractivity contribution is 8.76. The van der Waals surface area contributed by atoms with E-state index in [2.05, 4.69) is 137 Å². The van der Waals surface area contributed by atoms with Gasteiger partial charge < -0.3 is 0 Å². The average Bonchev–Trinajstić information content (AvgIpc) is 2.67. The summed E-state index contributed by atoms with van der Waals surface area (Å²) in [5.74, 6) is 2.45. The average molecular weight is 565 g/mol. The zero-order valence-electron chi connectivity index (χ0n) is 27.7. The molecule has 0 amide bonds. The molecule has 0 aromatic heterocycles. The standard InChI is InChI=1S/C16H36N2S2.C14H32N2.CH4/c1-13(2)17(14(3)4)9-11-19-20-12-10-18(15(5)6)16(7)8;1-11(2)15(12(3)4)10-16(13(5)6)14(7,8)9;/h13-16H,9-12H2,1-8H3;11-13H,10H2,1-9H3;1H4. The molecule has 0 aromatic rings. The van der Waals surface area contributed by atoms with Crippen LogP contribution in [0, 0.1) is 0 Å². The van der Waals surface area contributed by atoms with Crippen molar-refractivity contribution in [3.05, 3.63) is 0 Å². The highest BCUT2D eigenvalue weighted by Gasteiger charge is 2.27. The van der Waals surface area contributed by atoms with Gasteiger partial charge in [-0.25, -0.2) is 0 Å². The topological polar surface area (TPSA) is 13.0 Å². The SMILES string of the molecule is C.CC(C)N(CCSSCCN(C(C)C)C(C)C)C(C)C.CC(C)N(CN(C(C)C)C(C)(C)C)C(C)C. The lowest BCUT2D eigenvalue weighted by molar-refractivity contribution is 0.00327. The molecule has 0 radical (unpaired) electrons. The van der Waals surface area contributed by atoms with E-state index in [1.807, 2.05) is 21.6 Å². The first-order valence-corrected chi connectivity index (χ1v) is 17.1. The quantitative estimate of drug-likeness (QED) is 0.105. The molecule has 0 aliphatic rings. The van der Waals surface area contributed by atoms with Gasteiger partial charge in [0.15, 0.2) is 0 Å². The van der Waals surface area contributed by atoms with Crippen molar-refractivity contribution in [3.63, 3.8) is 0 Å². The molecular weight excluding hydrogens is 493 g/mol. The van der Waals surface area contributed by atoms with Crippen molar-refractivity contribution in [2.24, 2.45) is 0 Å². The Morgan fingerprint density at radius 3 is 0.919 bits per heavy atom. The van der Waals surface area contributed by atoms with Gasteiger partial charge in [0.1, 0.15) is 0 Å². The lowest BCUT2D eigenvalue weighted by Gasteiger charge is -2.44. The van der Waals surface area contributed by atoms with Crippen molar-refractivity contribution in [2.75, 3.05) is 31.3 Å². The summed E-state index contributed by atoms with van der Waals surface area (Å²) in [7, 11) is 4.06. The molecule has 0 rings (SSSR count). The number of hydrogen-bond acceptors (Lipinski definition) is 6. The Kier molecular flexibility index (Phi) is 24.2. The number of hydrogen-bond donors (Lipinski definition) is 0.